The fraction of sp³-hybridized carbons (Fsp3) is 0.333. The van der Waals surface area contributed by atoms with Gasteiger partial charge in [0, 0.05) is 5.54 Å². The molecule has 1 aliphatic carbocycles. The molecule has 0 amide bonds. The van der Waals surface area contributed by atoms with E-state index in [9.17, 15) is 9.59 Å². The Morgan fingerprint density at radius 2 is 2.24 bits per heavy atom. The smallest absolute Gasteiger partial charge is 0.354 e. The Labute approximate surface area is 104 Å². The zero-order valence-corrected chi connectivity index (χ0v) is 10.2. The minimum absolute atomic E-state index is 0.331. The molecule has 1 heterocycles. The van der Waals surface area contributed by atoms with Crippen molar-refractivity contribution in [2.24, 2.45) is 5.92 Å². The van der Waals surface area contributed by atoms with Gasteiger partial charge in [0.15, 0.2) is 5.78 Å². The average Bonchev–Trinajstić information content (AvgIpc) is 2.66. The molecule has 17 heavy (non-hydrogen) atoms. The number of esters is 1. The van der Waals surface area contributed by atoms with Gasteiger partial charge in [-0.25, -0.2) is 4.79 Å². The number of fused-ring (bicyclic) bond motifs is 1. The van der Waals surface area contributed by atoms with Crippen LogP contribution in [0.4, 0.5) is 0 Å². The summed E-state index contributed by atoms with van der Waals surface area (Å²) in [5, 5.41) is 0. The summed E-state index contributed by atoms with van der Waals surface area (Å²) in [5.41, 5.74) is 2.90. The highest BCUT2D eigenvalue weighted by atomic mass is 35.5. The average molecular weight is 255 g/mol. The van der Waals surface area contributed by atoms with Gasteiger partial charge in [-0.15, -0.1) is 0 Å². The lowest BCUT2D eigenvalue weighted by molar-refractivity contribution is -0.153. The largest absolute Gasteiger partial charge is 0.474 e. The summed E-state index contributed by atoms with van der Waals surface area (Å²) >= 11 is 5.71. The molecule has 2 rings (SSSR count). The number of carbonyl (C=O) groups is 2. The van der Waals surface area contributed by atoms with Crippen molar-refractivity contribution in [2.75, 3.05) is 7.11 Å². The first-order valence-corrected chi connectivity index (χ1v) is 5.51. The minimum Gasteiger partial charge on any atom is -0.474 e. The van der Waals surface area contributed by atoms with Crippen LogP contribution in [0.3, 0.4) is 0 Å². The van der Waals surface area contributed by atoms with Crippen molar-refractivity contribution in [3.63, 3.8) is 0 Å². The highest BCUT2D eigenvalue weighted by molar-refractivity contribution is 6.26. The molecule has 1 aliphatic heterocycles. The second kappa shape index (κ2) is 4.37. The van der Waals surface area contributed by atoms with Crippen LogP contribution in [0.5, 0.6) is 0 Å². The topological polar surface area (TPSA) is 52.6 Å². The maximum atomic E-state index is 12.1. The van der Waals surface area contributed by atoms with Crippen LogP contribution in [0.15, 0.2) is 34.6 Å². The van der Waals surface area contributed by atoms with E-state index in [1.54, 1.807) is 12.2 Å². The Balaban J connectivity index is 2.37. The first-order chi connectivity index (χ1) is 8.10. The molecule has 1 saturated heterocycles. The van der Waals surface area contributed by atoms with Gasteiger partial charge < -0.3 is 9.47 Å². The second-order valence-corrected chi connectivity index (χ2v) is 4.06. The molecule has 0 N–H and O–H groups in total. The van der Waals surface area contributed by atoms with Crippen LogP contribution < -0.4 is 0 Å². The van der Waals surface area contributed by atoms with Gasteiger partial charge in [0.2, 0.25) is 0 Å². The molecule has 0 radical (unpaired) electrons. The van der Waals surface area contributed by atoms with Crippen molar-refractivity contribution < 1.29 is 19.1 Å². The Hall–Kier alpha value is -1.55. The standard InChI is InChI=1S/C12H11ClO4/c1-6-3-4-8-9(7(6)5-13)10(14)11(17-8)12(15)16-2/h3-5,9,11H,1-2H3. The number of hydrogen-bond donors (Lipinski definition) is 0. The van der Waals surface area contributed by atoms with E-state index in [0.717, 1.165) is 5.57 Å². The number of ketones is 1. The van der Waals surface area contributed by atoms with Crippen molar-refractivity contribution in [1.29, 1.82) is 0 Å². The lowest BCUT2D eigenvalue weighted by atomic mass is 9.86. The van der Waals surface area contributed by atoms with Gasteiger partial charge in [-0.3, -0.25) is 4.79 Å². The van der Waals surface area contributed by atoms with Crippen molar-refractivity contribution in [1.82, 2.24) is 0 Å². The Morgan fingerprint density at radius 3 is 2.82 bits per heavy atom. The summed E-state index contributed by atoms with van der Waals surface area (Å²) in [5.74, 6) is -1.15. The van der Waals surface area contributed by atoms with Gasteiger partial charge in [0.05, 0.1) is 7.11 Å². The Morgan fingerprint density at radius 1 is 1.53 bits per heavy atom. The molecular weight excluding hydrogens is 244 g/mol. The molecule has 2 atom stereocenters. The first kappa shape index (κ1) is 11.9. The third-order valence-electron chi connectivity index (χ3n) is 2.88. The van der Waals surface area contributed by atoms with Crippen LogP contribution in [0.25, 0.3) is 0 Å². The number of Topliss-reactive ketones (excluding diaryl/α,β-unsaturated/α-hetero) is 1. The lowest BCUT2D eigenvalue weighted by Crippen LogP contribution is -2.30. The van der Waals surface area contributed by atoms with Crippen LogP contribution in [-0.4, -0.2) is 25.0 Å². The number of methoxy groups -OCH3 is 1. The van der Waals surface area contributed by atoms with Crippen LogP contribution in [0, 0.1) is 5.92 Å². The van der Waals surface area contributed by atoms with Gasteiger partial charge in [-0.2, -0.15) is 0 Å². The fourth-order valence-corrected chi connectivity index (χ4v) is 2.25. The van der Waals surface area contributed by atoms with E-state index in [1.807, 2.05) is 6.92 Å². The molecule has 0 aromatic rings. The Kier molecular flexibility index (Phi) is 3.07. The van der Waals surface area contributed by atoms with E-state index in [0.29, 0.717) is 11.3 Å². The molecule has 1 fully saturated rings. The van der Waals surface area contributed by atoms with Gasteiger partial charge >= 0.3 is 5.97 Å². The number of halogens is 1. The zero-order valence-electron chi connectivity index (χ0n) is 9.40. The van der Waals surface area contributed by atoms with Crippen molar-refractivity contribution in [3.8, 4) is 0 Å². The fourth-order valence-electron chi connectivity index (χ4n) is 1.95. The van der Waals surface area contributed by atoms with Crippen LogP contribution >= 0.6 is 11.6 Å². The van der Waals surface area contributed by atoms with E-state index in [4.69, 9.17) is 16.3 Å². The van der Waals surface area contributed by atoms with E-state index in [1.165, 1.54) is 12.6 Å². The summed E-state index contributed by atoms with van der Waals surface area (Å²) in [6.45, 7) is 1.85. The molecule has 2 aliphatic rings. The third-order valence-corrected chi connectivity index (χ3v) is 3.11. The van der Waals surface area contributed by atoms with Crippen molar-refractivity contribution in [2.45, 2.75) is 13.0 Å². The van der Waals surface area contributed by atoms with Crippen LogP contribution in [-0.2, 0) is 19.1 Å². The maximum Gasteiger partial charge on any atom is 0.354 e. The van der Waals surface area contributed by atoms with E-state index in [2.05, 4.69) is 4.74 Å². The number of allylic oxidation sites excluding steroid dienone is 4. The number of carbonyl (C=O) groups excluding carboxylic acids is 2. The first-order valence-electron chi connectivity index (χ1n) is 5.07. The molecule has 0 bridgehead atoms. The quantitative estimate of drug-likeness (QED) is 0.528. The summed E-state index contributed by atoms with van der Waals surface area (Å²) in [6.07, 6.45) is 2.31. The predicted molar refractivity (Wildman–Crippen MR) is 61.2 cm³/mol. The summed E-state index contributed by atoms with van der Waals surface area (Å²) in [6, 6.07) is 0. The molecule has 2 unspecified atom stereocenters. The van der Waals surface area contributed by atoms with Gasteiger partial charge in [0.25, 0.3) is 6.10 Å². The van der Waals surface area contributed by atoms with Gasteiger partial charge in [-0.1, -0.05) is 17.7 Å². The molecule has 5 heteroatoms. The normalized spacial score (nSPS) is 29.4. The minimum atomic E-state index is -1.18. The monoisotopic (exact) mass is 254 g/mol. The Bertz CT molecular complexity index is 473. The summed E-state index contributed by atoms with van der Waals surface area (Å²) in [4.78, 5) is 23.4. The van der Waals surface area contributed by atoms with E-state index < -0.39 is 18.0 Å². The lowest BCUT2D eigenvalue weighted by Gasteiger charge is -2.16. The van der Waals surface area contributed by atoms with Gasteiger partial charge in [0.1, 0.15) is 11.7 Å². The number of hydrogen-bond acceptors (Lipinski definition) is 4. The van der Waals surface area contributed by atoms with E-state index >= 15 is 0 Å². The van der Waals surface area contributed by atoms with Gasteiger partial charge in [-0.05, 0) is 24.1 Å². The summed E-state index contributed by atoms with van der Waals surface area (Å²) in [7, 11) is 1.22. The molecule has 0 aromatic carbocycles. The molecule has 0 saturated carbocycles. The van der Waals surface area contributed by atoms with Crippen LogP contribution in [0.2, 0.25) is 0 Å². The molecule has 90 valence electrons. The second-order valence-electron chi connectivity index (χ2n) is 3.84. The van der Waals surface area contributed by atoms with Crippen molar-refractivity contribution in [3.05, 3.63) is 34.6 Å². The third kappa shape index (κ3) is 1.78. The maximum absolute atomic E-state index is 12.1. The molecule has 4 nitrogen and oxygen atoms in total. The zero-order chi connectivity index (χ0) is 12.6. The number of rotatable bonds is 1. The molecule has 0 aromatic heterocycles. The highest BCUT2D eigenvalue weighted by Gasteiger charge is 2.47. The summed E-state index contributed by atoms with van der Waals surface area (Å²) < 4.78 is 9.83. The number of ether oxygens (including phenoxy) is 2. The van der Waals surface area contributed by atoms with E-state index in [-0.39, 0.29) is 5.78 Å². The SMILES string of the molecule is COC(=O)C1OC2=CC=C(C)C(=CCl)C2C1=O. The highest BCUT2D eigenvalue weighted by Crippen LogP contribution is 2.39. The molecule has 0 spiro atoms. The predicted octanol–water partition coefficient (Wildman–Crippen LogP) is 1.71. The van der Waals surface area contributed by atoms with Crippen LogP contribution in [0.1, 0.15) is 6.92 Å². The molecular formula is C12H11ClO4. The van der Waals surface area contributed by atoms with Crippen molar-refractivity contribution >= 4 is 23.4 Å².